The van der Waals surface area contributed by atoms with E-state index in [0.29, 0.717) is 6.54 Å². The van der Waals surface area contributed by atoms with Gasteiger partial charge in [0.05, 0.1) is 17.7 Å². The Morgan fingerprint density at radius 3 is 2.57 bits per heavy atom. The summed E-state index contributed by atoms with van der Waals surface area (Å²) >= 11 is 5.90. The largest absolute Gasteiger partial charge is 0.465 e. The molecule has 0 aliphatic rings. The highest BCUT2D eigenvalue weighted by Gasteiger charge is 2.20. The first-order chi connectivity index (χ1) is 9.77. The molecule has 0 aliphatic carbocycles. The Kier molecular flexibility index (Phi) is 6.60. The summed E-state index contributed by atoms with van der Waals surface area (Å²) in [6, 6.07) is 4.23. The lowest BCUT2D eigenvalue weighted by Gasteiger charge is -2.11. The molecule has 0 saturated carbocycles. The summed E-state index contributed by atoms with van der Waals surface area (Å²) in [7, 11) is -2.56. The van der Waals surface area contributed by atoms with Crippen LogP contribution in [0.3, 0.4) is 0 Å². The summed E-state index contributed by atoms with van der Waals surface area (Å²) in [6.45, 7) is 4.64. The Balaban J connectivity index is 2.89. The SMILES string of the molecule is COC(=O)c1ccc(Cl)c(S(=O)(=O)NCCNC(C)C)c1. The highest BCUT2D eigenvalue weighted by molar-refractivity contribution is 7.89. The summed E-state index contributed by atoms with van der Waals surface area (Å²) in [6.07, 6.45) is 0. The first kappa shape index (κ1) is 17.9. The molecule has 0 saturated heterocycles. The van der Waals surface area contributed by atoms with Crippen molar-refractivity contribution in [2.75, 3.05) is 20.2 Å². The molecule has 8 heteroatoms. The number of sulfonamides is 1. The summed E-state index contributed by atoms with van der Waals surface area (Å²) in [5.74, 6) is -0.621. The number of methoxy groups -OCH3 is 1. The number of halogens is 1. The van der Waals surface area contributed by atoms with Gasteiger partial charge in [0.15, 0.2) is 0 Å². The standard InChI is InChI=1S/C13H19ClN2O4S/c1-9(2)15-6-7-16-21(18,19)12-8-10(13(17)20-3)4-5-11(12)14/h4-5,8-9,15-16H,6-7H2,1-3H3. The van der Waals surface area contributed by atoms with Gasteiger partial charge in [-0.25, -0.2) is 17.9 Å². The van der Waals surface area contributed by atoms with E-state index in [9.17, 15) is 13.2 Å². The van der Waals surface area contributed by atoms with Crippen LogP contribution in [0.1, 0.15) is 24.2 Å². The minimum Gasteiger partial charge on any atom is -0.465 e. The van der Waals surface area contributed by atoms with Gasteiger partial charge in [-0.1, -0.05) is 25.4 Å². The number of carbonyl (C=O) groups is 1. The van der Waals surface area contributed by atoms with Gasteiger partial charge < -0.3 is 10.1 Å². The predicted molar refractivity (Wildman–Crippen MR) is 81.1 cm³/mol. The van der Waals surface area contributed by atoms with Crippen LogP contribution in [-0.4, -0.2) is 40.6 Å². The second-order valence-electron chi connectivity index (χ2n) is 4.64. The van der Waals surface area contributed by atoms with Crippen LogP contribution in [0.25, 0.3) is 0 Å². The highest BCUT2D eigenvalue weighted by atomic mass is 35.5. The van der Waals surface area contributed by atoms with E-state index in [4.69, 9.17) is 11.6 Å². The lowest BCUT2D eigenvalue weighted by atomic mass is 10.2. The van der Waals surface area contributed by atoms with Gasteiger partial charge in [0, 0.05) is 19.1 Å². The van der Waals surface area contributed by atoms with Gasteiger partial charge in [-0.05, 0) is 18.2 Å². The number of ether oxygens (including phenoxy) is 1. The molecule has 0 aromatic heterocycles. The molecule has 0 heterocycles. The second kappa shape index (κ2) is 7.74. The highest BCUT2D eigenvalue weighted by Crippen LogP contribution is 2.22. The Morgan fingerprint density at radius 1 is 1.33 bits per heavy atom. The van der Waals surface area contributed by atoms with Gasteiger partial charge >= 0.3 is 5.97 Å². The second-order valence-corrected chi connectivity index (χ2v) is 6.79. The van der Waals surface area contributed by atoms with Gasteiger partial charge in [-0.2, -0.15) is 0 Å². The van der Waals surface area contributed by atoms with Gasteiger partial charge in [0.2, 0.25) is 10.0 Å². The van der Waals surface area contributed by atoms with E-state index >= 15 is 0 Å². The van der Waals surface area contributed by atoms with Crippen LogP contribution in [-0.2, 0) is 14.8 Å². The Hall–Kier alpha value is -1.15. The molecule has 0 bridgehead atoms. The van der Waals surface area contributed by atoms with Crippen molar-refractivity contribution in [2.24, 2.45) is 0 Å². The summed E-state index contributed by atoms with van der Waals surface area (Å²) in [5, 5.41) is 3.14. The first-order valence-electron chi connectivity index (χ1n) is 6.39. The minimum absolute atomic E-state index is 0.0481. The first-order valence-corrected chi connectivity index (χ1v) is 8.25. The molecule has 0 fully saturated rings. The van der Waals surface area contributed by atoms with E-state index in [2.05, 4.69) is 14.8 Å². The van der Waals surface area contributed by atoms with Crippen LogP contribution in [0.2, 0.25) is 5.02 Å². The molecule has 21 heavy (non-hydrogen) atoms. The van der Waals surface area contributed by atoms with Crippen LogP contribution in [0, 0.1) is 0 Å². The molecule has 0 unspecified atom stereocenters. The Bertz CT molecular complexity index is 602. The molecule has 1 aromatic rings. The van der Waals surface area contributed by atoms with Crippen molar-refractivity contribution in [3.8, 4) is 0 Å². The predicted octanol–water partition coefficient (Wildman–Crippen LogP) is 1.40. The molecule has 0 amide bonds. The van der Waals surface area contributed by atoms with Gasteiger partial charge in [0.1, 0.15) is 4.90 Å². The van der Waals surface area contributed by atoms with Crippen LogP contribution >= 0.6 is 11.6 Å². The zero-order valence-electron chi connectivity index (χ0n) is 12.1. The molecular weight excluding hydrogens is 316 g/mol. The van der Waals surface area contributed by atoms with Crippen molar-refractivity contribution in [3.05, 3.63) is 28.8 Å². The number of hydrogen-bond donors (Lipinski definition) is 2. The average Bonchev–Trinajstić information content (AvgIpc) is 2.43. The van der Waals surface area contributed by atoms with Crippen molar-refractivity contribution in [3.63, 3.8) is 0 Å². The summed E-state index contributed by atoms with van der Waals surface area (Å²) < 4.78 is 31.4. The molecule has 0 radical (unpaired) electrons. The molecule has 1 rings (SSSR count). The summed E-state index contributed by atoms with van der Waals surface area (Å²) in [4.78, 5) is 11.3. The van der Waals surface area contributed by atoms with Crippen LogP contribution in [0.4, 0.5) is 0 Å². The third-order valence-corrected chi connectivity index (χ3v) is 4.55. The van der Waals surface area contributed by atoms with Gasteiger partial charge in [-0.15, -0.1) is 0 Å². The maximum Gasteiger partial charge on any atom is 0.337 e. The molecule has 2 N–H and O–H groups in total. The van der Waals surface area contributed by atoms with E-state index < -0.39 is 16.0 Å². The van der Waals surface area contributed by atoms with Crippen LogP contribution in [0.15, 0.2) is 23.1 Å². The van der Waals surface area contributed by atoms with Crippen molar-refractivity contribution >= 4 is 27.6 Å². The van der Waals surface area contributed by atoms with E-state index in [1.165, 1.54) is 25.3 Å². The molecular formula is C13H19ClN2O4S. The Morgan fingerprint density at radius 2 is 2.00 bits per heavy atom. The molecule has 6 nitrogen and oxygen atoms in total. The van der Waals surface area contributed by atoms with Crippen LogP contribution in [0.5, 0.6) is 0 Å². The Labute approximate surface area is 129 Å². The van der Waals surface area contributed by atoms with Crippen LogP contribution < -0.4 is 10.0 Å². The maximum absolute atomic E-state index is 12.2. The smallest absolute Gasteiger partial charge is 0.337 e. The summed E-state index contributed by atoms with van der Waals surface area (Å²) in [5.41, 5.74) is 0.127. The zero-order chi connectivity index (χ0) is 16.0. The number of benzene rings is 1. The fourth-order valence-corrected chi connectivity index (χ4v) is 3.13. The quantitative estimate of drug-likeness (QED) is 0.581. The molecule has 0 atom stereocenters. The fourth-order valence-electron chi connectivity index (χ4n) is 1.58. The monoisotopic (exact) mass is 334 g/mol. The maximum atomic E-state index is 12.2. The van der Waals surface area contributed by atoms with E-state index in [-0.39, 0.29) is 28.1 Å². The third kappa shape index (κ3) is 5.28. The minimum atomic E-state index is -3.78. The molecule has 118 valence electrons. The molecule has 0 aliphatic heterocycles. The zero-order valence-corrected chi connectivity index (χ0v) is 13.7. The average molecular weight is 335 g/mol. The molecule has 1 aromatic carbocycles. The number of rotatable bonds is 7. The fraction of sp³-hybridized carbons (Fsp3) is 0.462. The van der Waals surface area contributed by atoms with Gasteiger partial charge in [0.25, 0.3) is 0 Å². The lowest BCUT2D eigenvalue weighted by molar-refractivity contribution is 0.0600. The van der Waals surface area contributed by atoms with E-state index in [1.54, 1.807) is 0 Å². The van der Waals surface area contributed by atoms with E-state index in [0.717, 1.165) is 0 Å². The topological polar surface area (TPSA) is 84.5 Å². The number of hydrogen-bond acceptors (Lipinski definition) is 5. The van der Waals surface area contributed by atoms with E-state index in [1.807, 2.05) is 13.8 Å². The third-order valence-electron chi connectivity index (χ3n) is 2.61. The number of esters is 1. The normalized spacial score (nSPS) is 11.7. The van der Waals surface area contributed by atoms with Crippen molar-refractivity contribution < 1.29 is 17.9 Å². The van der Waals surface area contributed by atoms with Crippen molar-refractivity contribution in [2.45, 2.75) is 24.8 Å². The van der Waals surface area contributed by atoms with Gasteiger partial charge in [-0.3, -0.25) is 0 Å². The number of nitrogens with one attached hydrogen (secondary N) is 2. The molecule has 0 spiro atoms. The van der Waals surface area contributed by atoms with Crippen molar-refractivity contribution in [1.29, 1.82) is 0 Å². The van der Waals surface area contributed by atoms with Crippen molar-refractivity contribution in [1.82, 2.24) is 10.0 Å². The number of carbonyl (C=O) groups excluding carboxylic acids is 1. The lowest BCUT2D eigenvalue weighted by Crippen LogP contribution is -2.34.